The van der Waals surface area contributed by atoms with Crippen molar-refractivity contribution in [2.24, 2.45) is 17.3 Å². The van der Waals surface area contributed by atoms with Gasteiger partial charge in [0.15, 0.2) is 0 Å². The third-order valence-corrected chi connectivity index (χ3v) is 5.33. The molecule has 0 amide bonds. The smallest absolute Gasteiger partial charge is 0.312 e. The minimum atomic E-state index is -0.358. The van der Waals surface area contributed by atoms with Gasteiger partial charge in [0.25, 0.3) is 0 Å². The molecule has 2 aliphatic carbocycles. The first kappa shape index (κ1) is 15.2. The van der Waals surface area contributed by atoms with Gasteiger partial charge in [-0.05, 0) is 49.8 Å². The van der Waals surface area contributed by atoms with Crippen molar-refractivity contribution in [2.45, 2.75) is 19.8 Å². The Balaban J connectivity index is 1.33. The van der Waals surface area contributed by atoms with E-state index in [1.165, 1.54) is 0 Å². The lowest BCUT2D eigenvalue weighted by molar-refractivity contribution is -0.157. The van der Waals surface area contributed by atoms with E-state index in [0.29, 0.717) is 18.4 Å². The Labute approximate surface area is 141 Å². The van der Waals surface area contributed by atoms with Gasteiger partial charge in [-0.1, -0.05) is 24.3 Å². The number of pyridine rings is 1. The van der Waals surface area contributed by atoms with Crippen LogP contribution in [0.3, 0.4) is 0 Å². The van der Waals surface area contributed by atoms with Crippen LogP contribution in [0.2, 0.25) is 0 Å². The van der Waals surface area contributed by atoms with Crippen LogP contribution in [-0.2, 0) is 9.53 Å². The number of nitrogens with zero attached hydrogens (tertiary/aromatic N) is 1. The number of benzene rings is 1. The highest BCUT2D eigenvalue weighted by Crippen LogP contribution is 2.52. The predicted octanol–water partition coefficient (Wildman–Crippen LogP) is 3.76. The number of fused-ring (bicyclic) bond motifs is 3. The van der Waals surface area contributed by atoms with E-state index in [0.717, 1.165) is 29.5 Å². The van der Waals surface area contributed by atoms with Crippen LogP contribution in [0.5, 0.6) is 5.75 Å². The fourth-order valence-corrected chi connectivity index (χ4v) is 3.98. The first-order valence-corrected chi connectivity index (χ1v) is 8.49. The molecule has 0 aliphatic heterocycles. The van der Waals surface area contributed by atoms with Gasteiger partial charge in [-0.2, -0.15) is 0 Å². The van der Waals surface area contributed by atoms with E-state index in [1.54, 1.807) is 6.20 Å². The van der Waals surface area contributed by atoms with Crippen LogP contribution in [0.25, 0.3) is 10.9 Å². The number of ether oxygens (including phenoxy) is 2. The highest BCUT2D eigenvalue weighted by atomic mass is 16.6. The summed E-state index contributed by atoms with van der Waals surface area (Å²) in [5, 5.41) is 0.969. The van der Waals surface area contributed by atoms with Gasteiger partial charge in [0.1, 0.15) is 19.0 Å². The standard InChI is InChI=1S/C20H21NO3/c1-20(13-14-6-7-15(20)12-14)19(22)24-11-10-23-18-8-9-21-17-5-3-2-4-16(17)18/h2-9,14-15H,10-13H2,1H3. The van der Waals surface area contributed by atoms with E-state index in [1.807, 2.05) is 37.3 Å². The molecule has 2 aliphatic rings. The van der Waals surface area contributed by atoms with E-state index in [4.69, 9.17) is 9.47 Å². The van der Waals surface area contributed by atoms with Gasteiger partial charge in [0, 0.05) is 11.6 Å². The maximum atomic E-state index is 12.5. The van der Waals surface area contributed by atoms with Crippen LogP contribution in [0.15, 0.2) is 48.7 Å². The summed E-state index contributed by atoms with van der Waals surface area (Å²) in [4.78, 5) is 16.8. The van der Waals surface area contributed by atoms with Crippen molar-refractivity contribution in [3.63, 3.8) is 0 Å². The molecule has 124 valence electrons. The van der Waals surface area contributed by atoms with Crippen molar-refractivity contribution in [1.29, 1.82) is 0 Å². The number of hydrogen-bond acceptors (Lipinski definition) is 4. The number of rotatable bonds is 5. The quantitative estimate of drug-likeness (QED) is 0.477. The van der Waals surface area contributed by atoms with Crippen molar-refractivity contribution in [1.82, 2.24) is 4.98 Å². The van der Waals surface area contributed by atoms with Crippen LogP contribution in [0.1, 0.15) is 19.8 Å². The molecule has 1 aromatic carbocycles. The second-order valence-corrected chi connectivity index (χ2v) is 6.92. The Morgan fingerprint density at radius 2 is 2.12 bits per heavy atom. The van der Waals surface area contributed by atoms with Gasteiger partial charge < -0.3 is 9.47 Å². The third kappa shape index (κ3) is 2.56. The number of carbonyl (C=O) groups is 1. The molecular formula is C20H21NO3. The Morgan fingerprint density at radius 3 is 2.92 bits per heavy atom. The van der Waals surface area contributed by atoms with Crippen LogP contribution >= 0.6 is 0 Å². The molecule has 24 heavy (non-hydrogen) atoms. The number of hydrogen-bond donors (Lipinski definition) is 0. The molecule has 0 saturated heterocycles. The van der Waals surface area contributed by atoms with Crippen molar-refractivity contribution in [3.05, 3.63) is 48.7 Å². The molecule has 0 N–H and O–H groups in total. The summed E-state index contributed by atoms with van der Waals surface area (Å²) >= 11 is 0. The molecule has 2 aromatic rings. The highest BCUT2D eigenvalue weighted by Gasteiger charge is 2.50. The van der Waals surface area contributed by atoms with Crippen molar-refractivity contribution < 1.29 is 14.3 Å². The molecule has 4 rings (SSSR count). The molecular weight excluding hydrogens is 302 g/mol. The molecule has 1 heterocycles. The van der Waals surface area contributed by atoms with E-state index in [-0.39, 0.29) is 18.0 Å². The molecule has 0 radical (unpaired) electrons. The lowest BCUT2D eigenvalue weighted by Gasteiger charge is -2.28. The molecule has 1 saturated carbocycles. The van der Waals surface area contributed by atoms with Crippen molar-refractivity contribution in [2.75, 3.05) is 13.2 Å². The lowest BCUT2D eigenvalue weighted by Crippen LogP contribution is -2.34. The Bertz CT molecular complexity index is 795. The van der Waals surface area contributed by atoms with Crippen LogP contribution in [0, 0.1) is 17.3 Å². The van der Waals surface area contributed by atoms with Gasteiger partial charge in [-0.3, -0.25) is 9.78 Å². The Hall–Kier alpha value is -2.36. The Morgan fingerprint density at radius 1 is 1.25 bits per heavy atom. The van der Waals surface area contributed by atoms with Crippen molar-refractivity contribution in [3.8, 4) is 5.75 Å². The van der Waals surface area contributed by atoms with Crippen LogP contribution < -0.4 is 4.74 Å². The minimum absolute atomic E-state index is 0.0949. The molecule has 1 fully saturated rings. The van der Waals surface area contributed by atoms with Crippen LogP contribution in [-0.4, -0.2) is 24.2 Å². The second kappa shape index (κ2) is 5.93. The first-order valence-electron chi connectivity index (χ1n) is 8.49. The number of para-hydroxylation sites is 1. The number of carbonyl (C=O) groups excluding carboxylic acids is 1. The number of esters is 1. The first-order chi connectivity index (χ1) is 11.7. The normalized spacial score (nSPS) is 27.5. The molecule has 1 aromatic heterocycles. The van der Waals surface area contributed by atoms with E-state index in [9.17, 15) is 4.79 Å². The largest absolute Gasteiger partial charge is 0.489 e. The lowest BCUT2D eigenvalue weighted by atomic mass is 9.78. The Kier molecular flexibility index (Phi) is 3.75. The predicted molar refractivity (Wildman–Crippen MR) is 91.7 cm³/mol. The second-order valence-electron chi connectivity index (χ2n) is 6.92. The fraction of sp³-hybridized carbons (Fsp3) is 0.400. The van der Waals surface area contributed by atoms with Gasteiger partial charge >= 0.3 is 5.97 Å². The van der Waals surface area contributed by atoms with Crippen LogP contribution in [0.4, 0.5) is 0 Å². The average molecular weight is 323 g/mol. The van der Waals surface area contributed by atoms with Gasteiger partial charge in [-0.25, -0.2) is 0 Å². The maximum Gasteiger partial charge on any atom is 0.312 e. The van der Waals surface area contributed by atoms with Crippen molar-refractivity contribution >= 4 is 16.9 Å². The molecule has 3 unspecified atom stereocenters. The molecule has 3 atom stereocenters. The fourth-order valence-electron chi connectivity index (χ4n) is 3.98. The average Bonchev–Trinajstić information content (AvgIpc) is 3.19. The van der Waals surface area contributed by atoms with Gasteiger partial charge in [-0.15, -0.1) is 0 Å². The number of aromatic nitrogens is 1. The SMILES string of the molecule is CC1(C(=O)OCCOc2ccnc3ccccc23)CC2C=CC1C2. The van der Waals surface area contributed by atoms with E-state index < -0.39 is 0 Å². The zero-order valence-electron chi connectivity index (χ0n) is 13.8. The third-order valence-electron chi connectivity index (χ3n) is 5.33. The summed E-state index contributed by atoms with van der Waals surface area (Å²) in [5.41, 5.74) is 0.538. The summed E-state index contributed by atoms with van der Waals surface area (Å²) in [6, 6.07) is 9.68. The highest BCUT2D eigenvalue weighted by molar-refractivity contribution is 5.84. The summed E-state index contributed by atoms with van der Waals surface area (Å²) < 4.78 is 11.3. The molecule has 2 bridgehead atoms. The van der Waals surface area contributed by atoms with E-state index >= 15 is 0 Å². The number of allylic oxidation sites excluding steroid dienone is 2. The van der Waals surface area contributed by atoms with Gasteiger partial charge in [0.05, 0.1) is 10.9 Å². The van der Waals surface area contributed by atoms with Gasteiger partial charge in [0.2, 0.25) is 0 Å². The molecule has 4 heteroatoms. The van der Waals surface area contributed by atoms with E-state index in [2.05, 4.69) is 17.1 Å². The maximum absolute atomic E-state index is 12.5. The summed E-state index contributed by atoms with van der Waals surface area (Å²) in [7, 11) is 0. The monoisotopic (exact) mass is 323 g/mol. The molecule has 0 spiro atoms. The minimum Gasteiger partial charge on any atom is -0.489 e. The summed E-state index contributed by atoms with van der Waals surface area (Å²) in [6.45, 7) is 2.65. The summed E-state index contributed by atoms with van der Waals surface area (Å²) in [6.07, 6.45) is 8.13. The topological polar surface area (TPSA) is 48.4 Å². The zero-order valence-corrected chi connectivity index (χ0v) is 13.8. The summed E-state index contributed by atoms with van der Waals surface area (Å²) in [5.74, 6) is 1.56. The zero-order chi connectivity index (χ0) is 16.6. The molecule has 4 nitrogen and oxygen atoms in total.